The predicted octanol–water partition coefficient (Wildman–Crippen LogP) is 4.00. The summed E-state index contributed by atoms with van der Waals surface area (Å²) in [5.74, 6) is -0.488. The van der Waals surface area contributed by atoms with Crippen LogP contribution in [-0.4, -0.2) is 8.42 Å². The molecule has 0 aliphatic heterocycles. The smallest absolute Gasteiger partial charge is 0.207 e. The first kappa shape index (κ1) is 15.6. The number of sulfonamides is 1. The number of hydrogen-bond donors (Lipinski definition) is 1. The Balaban J connectivity index is 2.27. The maximum Gasteiger partial charge on any atom is 0.242 e. The minimum Gasteiger partial charge on any atom is -0.207 e. The molecule has 1 atom stereocenters. The van der Waals surface area contributed by atoms with Gasteiger partial charge < -0.3 is 0 Å². The molecule has 1 aromatic heterocycles. The van der Waals surface area contributed by atoms with E-state index in [1.165, 1.54) is 17.4 Å². The molecule has 108 valence electrons. The van der Waals surface area contributed by atoms with Gasteiger partial charge in [-0.3, -0.25) is 0 Å². The molecule has 0 fully saturated rings. The summed E-state index contributed by atoms with van der Waals surface area (Å²) >= 11 is 4.62. The Hall–Kier alpha value is -0.760. The molecule has 0 aliphatic carbocycles. The predicted molar refractivity (Wildman–Crippen MR) is 81.9 cm³/mol. The Morgan fingerprint density at radius 2 is 2.00 bits per heavy atom. The van der Waals surface area contributed by atoms with E-state index in [0.717, 1.165) is 21.9 Å². The average Bonchev–Trinajstić information content (AvgIpc) is 2.74. The van der Waals surface area contributed by atoms with Crippen LogP contribution in [0.3, 0.4) is 0 Å². The standard InChI is InChI=1S/C13H13BrFNO2S2/c1-8-3-5-12(19-8)9(2)16-20(17,18)13-6-4-10(15)7-11(13)14/h3-7,9,16H,1-2H3. The van der Waals surface area contributed by atoms with Crippen molar-refractivity contribution < 1.29 is 12.8 Å². The van der Waals surface area contributed by atoms with Crippen molar-refractivity contribution in [1.29, 1.82) is 0 Å². The van der Waals surface area contributed by atoms with Gasteiger partial charge in [-0.1, -0.05) is 0 Å². The zero-order valence-corrected chi connectivity index (χ0v) is 14.1. The van der Waals surface area contributed by atoms with Crippen LogP contribution in [0.15, 0.2) is 39.7 Å². The molecule has 3 nitrogen and oxygen atoms in total. The van der Waals surface area contributed by atoms with Crippen LogP contribution in [0.25, 0.3) is 0 Å². The van der Waals surface area contributed by atoms with Crippen molar-refractivity contribution in [1.82, 2.24) is 4.72 Å². The SMILES string of the molecule is Cc1ccc(C(C)NS(=O)(=O)c2ccc(F)cc2Br)s1. The summed E-state index contributed by atoms with van der Waals surface area (Å²) in [6, 6.07) is 7.00. The Bertz CT molecular complexity index is 728. The molecule has 7 heteroatoms. The second-order valence-electron chi connectivity index (χ2n) is 4.37. The zero-order valence-electron chi connectivity index (χ0n) is 10.9. The molecule has 20 heavy (non-hydrogen) atoms. The highest BCUT2D eigenvalue weighted by Crippen LogP contribution is 2.27. The third-order valence-electron chi connectivity index (χ3n) is 2.70. The quantitative estimate of drug-likeness (QED) is 0.874. The maximum atomic E-state index is 13.0. The molecule has 2 aromatic rings. The van der Waals surface area contributed by atoms with Gasteiger partial charge in [0, 0.05) is 14.2 Å². The highest BCUT2D eigenvalue weighted by molar-refractivity contribution is 9.10. The van der Waals surface area contributed by atoms with Gasteiger partial charge in [-0.05, 0) is 60.1 Å². The molecule has 1 aromatic carbocycles. The summed E-state index contributed by atoms with van der Waals surface area (Å²) in [5.41, 5.74) is 0. The third-order valence-corrected chi connectivity index (χ3v) is 6.40. The largest absolute Gasteiger partial charge is 0.242 e. The van der Waals surface area contributed by atoms with E-state index in [9.17, 15) is 12.8 Å². The molecule has 1 N–H and O–H groups in total. The van der Waals surface area contributed by atoms with Gasteiger partial charge in [0.05, 0.1) is 10.9 Å². The number of rotatable bonds is 4. The number of nitrogens with one attached hydrogen (secondary N) is 1. The lowest BCUT2D eigenvalue weighted by Crippen LogP contribution is -2.26. The van der Waals surface area contributed by atoms with Crippen LogP contribution in [-0.2, 0) is 10.0 Å². The fourth-order valence-electron chi connectivity index (χ4n) is 1.73. The number of halogens is 2. The van der Waals surface area contributed by atoms with Gasteiger partial charge >= 0.3 is 0 Å². The van der Waals surface area contributed by atoms with E-state index in [4.69, 9.17) is 0 Å². The molecule has 0 spiro atoms. The summed E-state index contributed by atoms with van der Waals surface area (Å²) in [6.45, 7) is 3.74. The topological polar surface area (TPSA) is 46.2 Å². The van der Waals surface area contributed by atoms with E-state index in [2.05, 4.69) is 20.7 Å². The number of aryl methyl sites for hydroxylation is 1. The van der Waals surface area contributed by atoms with Crippen molar-refractivity contribution in [3.05, 3.63) is 50.4 Å². The third kappa shape index (κ3) is 3.46. The lowest BCUT2D eigenvalue weighted by molar-refractivity contribution is 0.567. The first-order chi connectivity index (χ1) is 9.29. The van der Waals surface area contributed by atoms with Crippen molar-refractivity contribution >= 4 is 37.3 Å². The van der Waals surface area contributed by atoms with Gasteiger partial charge in [-0.25, -0.2) is 17.5 Å². The Morgan fingerprint density at radius 3 is 2.55 bits per heavy atom. The van der Waals surface area contributed by atoms with Gasteiger partial charge in [0.25, 0.3) is 0 Å². The van der Waals surface area contributed by atoms with Gasteiger partial charge in [0.1, 0.15) is 5.82 Å². The molecular weight excluding hydrogens is 365 g/mol. The average molecular weight is 378 g/mol. The Kier molecular flexibility index (Phi) is 4.63. The second-order valence-corrected chi connectivity index (χ2v) is 8.22. The van der Waals surface area contributed by atoms with Crippen LogP contribution in [0, 0.1) is 12.7 Å². The van der Waals surface area contributed by atoms with Gasteiger partial charge in [-0.2, -0.15) is 0 Å². The van der Waals surface area contributed by atoms with Crippen LogP contribution in [0.5, 0.6) is 0 Å². The van der Waals surface area contributed by atoms with Crippen LogP contribution >= 0.6 is 27.3 Å². The normalized spacial score (nSPS) is 13.4. The summed E-state index contributed by atoms with van der Waals surface area (Å²) in [6.07, 6.45) is 0. The minimum absolute atomic E-state index is 0.0269. The summed E-state index contributed by atoms with van der Waals surface area (Å²) in [4.78, 5) is 2.08. The molecule has 0 saturated heterocycles. The van der Waals surface area contributed by atoms with E-state index in [0.29, 0.717) is 0 Å². The zero-order chi connectivity index (χ0) is 14.9. The molecule has 2 rings (SSSR count). The van der Waals surface area contributed by atoms with Gasteiger partial charge in [0.15, 0.2) is 0 Å². The molecule has 0 aliphatic rings. The molecular formula is C13H13BrFNO2S2. The maximum absolute atomic E-state index is 13.0. The summed E-state index contributed by atoms with van der Waals surface area (Å²) < 4.78 is 40.4. The summed E-state index contributed by atoms with van der Waals surface area (Å²) in [7, 11) is -3.70. The van der Waals surface area contributed by atoms with E-state index in [1.54, 1.807) is 6.92 Å². The number of hydrogen-bond acceptors (Lipinski definition) is 3. The van der Waals surface area contributed by atoms with Crippen molar-refractivity contribution in [2.24, 2.45) is 0 Å². The van der Waals surface area contributed by atoms with E-state index < -0.39 is 15.8 Å². The van der Waals surface area contributed by atoms with E-state index >= 15 is 0 Å². The minimum atomic E-state index is -3.70. The van der Waals surface area contributed by atoms with Crippen LogP contribution in [0.4, 0.5) is 4.39 Å². The van der Waals surface area contributed by atoms with Gasteiger partial charge in [0.2, 0.25) is 10.0 Å². The molecule has 0 saturated carbocycles. The molecule has 1 unspecified atom stereocenters. The molecule has 0 bridgehead atoms. The number of thiophene rings is 1. The van der Waals surface area contributed by atoms with Crippen molar-refractivity contribution in [2.75, 3.05) is 0 Å². The first-order valence-corrected chi connectivity index (χ1v) is 8.92. The Morgan fingerprint density at radius 1 is 1.30 bits per heavy atom. The lowest BCUT2D eigenvalue weighted by atomic mass is 10.3. The second kappa shape index (κ2) is 5.93. The van der Waals surface area contributed by atoms with E-state index in [-0.39, 0.29) is 15.4 Å². The molecule has 1 heterocycles. The summed E-state index contributed by atoms with van der Waals surface area (Å²) in [5, 5.41) is 0. The fourth-order valence-corrected chi connectivity index (χ4v) is 4.96. The van der Waals surface area contributed by atoms with Crippen LogP contribution in [0.1, 0.15) is 22.7 Å². The van der Waals surface area contributed by atoms with Crippen LogP contribution in [0.2, 0.25) is 0 Å². The first-order valence-electron chi connectivity index (χ1n) is 5.83. The van der Waals surface area contributed by atoms with Gasteiger partial charge in [-0.15, -0.1) is 11.3 Å². The van der Waals surface area contributed by atoms with Crippen molar-refractivity contribution in [3.8, 4) is 0 Å². The highest BCUT2D eigenvalue weighted by Gasteiger charge is 2.21. The monoisotopic (exact) mass is 377 g/mol. The molecule has 0 radical (unpaired) electrons. The highest BCUT2D eigenvalue weighted by atomic mass is 79.9. The van der Waals surface area contributed by atoms with Crippen molar-refractivity contribution in [3.63, 3.8) is 0 Å². The van der Waals surface area contributed by atoms with Crippen molar-refractivity contribution in [2.45, 2.75) is 24.8 Å². The lowest BCUT2D eigenvalue weighted by Gasteiger charge is -2.13. The van der Waals surface area contributed by atoms with E-state index in [1.807, 2.05) is 19.1 Å². The Labute approximate surface area is 130 Å². The number of benzene rings is 1. The fraction of sp³-hybridized carbons (Fsp3) is 0.231. The van der Waals surface area contributed by atoms with Crippen LogP contribution < -0.4 is 4.72 Å². The molecule has 0 amide bonds.